The van der Waals surface area contributed by atoms with E-state index in [4.69, 9.17) is 14.2 Å². The van der Waals surface area contributed by atoms with Crippen LogP contribution in [0.3, 0.4) is 0 Å². The van der Waals surface area contributed by atoms with Crippen LogP contribution in [0.1, 0.15) is 12.8 Å². The molecule has 0 atom stereocenters. The second-order valence-electron chi connectivity index (χ2n) is 7.21. The summed E-state index contributed by atoms with van der Waals surface area (Å²) < 4.78 is 20.4. The predicted octanol–water partition coefficient (Wildman–Crippen LogP) is 1.07. The number of nitrogens with one attached hydrogen (secondary N) is 2. The van der Waals surface area contributed by atoms with E-state index in [0.717, 1.165) is 38.2 Å². The average Bonchev–Trinajstić information content (AvgIpc) is 2.59. The number of ether oxygens (including phenoxy) is 3. The Kier molecular flexibility index (Phi) is 15.5. The van der Waals surface area contributed by atoms with E-state index in [-0.39, 0.29) is 22.0 Å². The quantitative estimate of drug-likeness (QED) is 0.224. The van der Waals surface area contributed by atoms with Crippen LogP contribution in [0.25, 0.3) is 0 Å². The standard InChI is InChI=1S/C18H43N3O3S2/c1-25(2)17-19-7-11-22-13-15-24-16-14-23-12-10-21-8-5-18(6-9-21)20-26(3)4/h18-20,25-26H,5-17H2,1-4H3. The largest absolute Gasteiger partial charge is 0.378 e. The third-order valence-electron chi connectivity index (χ3n) is 4.18. The molecular weight excluding hydrogens is 370 g/mol. The summed E-state index contributed by atoms with van der Waals surface area (Å²) in [5.41, 5.74) is 0. The first-order valence-electron chi connectivity index (χ1n) is 9.82. The highest BCUT2D eigenvalue weighted by molar-refractivity contribution is 8.15. The van der Waals surface area contributed by atoms with Gasteiger partial charge in [0, 0.05) is 25.0 Å². The van der Waals surface area contributed by atoms with E-state index in [0.29, 0.717) is 26.4 Å². The van der Waals surface area contributed by atoms with Crippen molar-refractivity contribution >= 4 is 22.0 Å². The van der Waals surface area contributed by atoms with Crippen molar-refractivity contribution in [2.24, 2.45) is 0 Å². The molecule has 0 bridgehead atoms. The Morgan fingerprint density at radius 3 is 2.00 bits per heavy atom. The molecule has 2 N–H and O–H groups in total. The third-order valence-corrected chi connectivity index (χ3v) is 5.91. The Hall–Kier alpha value is 0.460. The monoisotopic (exact) mass is 413 g/mol. The zero-order chi connectivity index (χ0) is 19.0. The van der Waals surface area contributed by atoms with Crippen molar-refractivity contribution in [3.05, 3.63) is 0 Å². The smallest absolute Gasteiger partial charge is 0.0701 e. The van der Waals surface area contributed by atoms with E-state index >= 15 is 0 Å². The second-order valence-corrected chi connectivity index (χ2v) is 11.7. The predicted molar refractivity (Wildman–Crippen MR) is 120 cm³/mol. The maximum atomic E-state index is 5.68. The zero-order valence-corrected chi connectivity index (χ0v) is 19.1. The van der Waals surface area contributed by atoms with Crippen molar-refractivity contribution in [3.8, 4) is 0 Å². The molecule has 26 heavy (non-hydrogen) atoms. The summed E-state index contributed by atoms with van der Waals surface area (Å²) in [6.45, 7) is 8.53. The molecular formula is C18H43N3O3S2. The van der Waals surface area contributed by atoms with E-state index in [9.17, 15) is 0 Å². The van der Waals surface area contributed by atoms with Crippen molar-refractivity contribution < 1.29 is 14.2 Å². The lowest BCUT2D eigenvalue weighted by atomic mass is 10.1. The highest BCUT2D eigenvalue weighted by Crippen LogP contribution is 2.16. The summed E-state index contributed by atoms with van der Waals surface area (Å²) in [5.74, 6) is 1.11. The minimum absolute atomic E-state index is 0.0145. The third kappa shape index (κ3) is 14.5. The van der Waals surface area contributed by atoms with Gasteiger partial charge in [-0.25, -0.2) is 22.0 Å². The maximum absolute atomic E-state index is 5.68. The summed E-state index contributed by atoms with van der Waals surface area (Å²) in [7, 11) is 0.141. The molecule has 8 heteroatoms. The molecule has 1 saturated heterocycles. The minimum Gasteiger partial charge on any atom is -0.378 e. The molecule has 0 aliphatic carbocycles. The number of rotatable bonds is 16. The van der Waals surface area contributed by atoms with Crippen molar-refractivity contribution in [1.29, 1.82) is 0 Å². The lowest BCUT2D eigenvalue weighted by Crippen LogP contribution is -2.42. The molecule has 0 radical (unpaired) electrons. The van der Waals surface area contributed by atoms with Crippen LogP contribution in [-0.2, 0) is 14.2 Å². The fourth-order valence-corrected chi connectivity index (χ4v) is 4.43. The van der Waals surface area contributed by atoms with Gasteiger partial charge >= 0.3 is 0 Å². The van der Waals surface area contributed by atoms with Gasteiger partial charge in [-0.3, -0.25) is 4.72 Å². The van der Waals surface area contributed by atoms with Crippen LogP contribution in [0.15, 0.2) is 0 Å². The van der Waals surface area contributed by atoms with Gasteiger partial charge in [-0.1, -0.05) is 0 Å². The molecule has 6 nitrogen and oxygen atoms in total. The van der Waals surface area contributed by atoms with Gasteiger partial charge in [0.2, 0.25) is 0 Å². The Bertz CT molecular complexity index is 318. The van der Waals surface area contributed by atoms with E-state index in [1.165, 1.54) is 25.9 Å². The van der Waals surface area contributed by atoms with Crippen LogP contribution in [-0.4, -0.2) is 108 Å². The van der Waals surface area contributed by atoms with Crippen molar-refractivity contribution in [2.45, 2.75) is 18.9 Å². The number of hydrogen-bond donors (Lipinski definition) is 4. The van der Waals surface area contributed by atoms with Gasteiger partial charge in [0.05, 0.1) is 39.6 Å². The molecule has 0 saturated carbocycles. The molecule has 0 aromatic heterocycles. The molecule has 1 aliphatic heterocycles. The van der Waals surface area contributed by atoms with Crippen LogP contribution < -0.4 is 10.0 Å². The van der Waals surface area contributed by atoms with Gasteiger partial charge in [0.25, 0.3) is 0 Å². The van der Waals surface area contributed by atoms with Gasteiger partial charge in [-0.05, 0) is 51.0 Å². The minimum atomic E-state index is 0.0145. The van der Waals surface area contributed by atoms with Gasteiger partial charge < -0.3 is 24.4 Å². The molecule has 1 aliphatic rings. The molecule has 0 aromatic carbocycles. The van der Waals surface area contributed by atoms with Crippen molar-refractivity contribution in [2.75, 3.05) is 96.7 Å². The Balaban J connectivity index is 1.77. The average molecular weight is 414 g/mol. The summed E-state index contributed by atoms with van der Waals surface area (Å²) in [6, 6.07) is 0.718. The van der Waals surface area contributed by atoms with Gasteiger partial charge in [-0.15, -0.1) is 0 Å². The summed E-state index contributed by atoms with van der Waals surface area (Å²) in [6.07, 6.45) is 11.6. The van der Waals surface area contributed by atoms with Gasteiger partial charge in [0.1, 0.15) is 0 Å². The molecule has 0 unspecified atom stereocenters. The highest BCUT2D eigenvalue weighted by atomic mass is 32.2. The molecule has 0 aromatic rings. The molecule has 1 rings (SSSR count). The Labute approximate surface area is 166 Å². The zero-order valence-electron chi connectivity index (χ0n) is 17.3. The van der Waals surface area contributed by atoms with Crippen LogP contribution in [0.4, 0.5) is 0 Å². The fourth-order valence-electron chi connectivity index (χ4n) is 2.83. The maximum Gasteiger partial charge on any atom is 0.0701 e. The Morgan fingerprint density at radius 1 is 0.846 bits per heavy atom. The number of hydrogen-bond acceptors (Lipinski definition) is 6. The lowest BCUT2D eigenvalue weighted by molar-refractivity contribution is 0.0101. The van der Waals surface area contributed by atoms with E-state index in [1.807, 2.05) is 0 Å². The van der Waals surface area contributed by atoms with E-state index in [1.54, 1.807) is 0 Å². The van der Waals surface area contributed by atoms with Gasteiger partial charge in [0.15, 0.2) is 0 Å². The van der Waals surface area contributed by atoms with Crippen LogP contribution in [0, 0.1) is 0 Å². The molecule has 0 spiro atoms. The van der Waals surface area contributed by atoms with Gasteiger partial charge in [-0.2, -0.15) is 0 Å². The molecule has 0 amide bonds. The van der Waals surface area contributed by atoms with E-state index < -0.39 is 0 Å². The molecule has 1 heterocycles. The topological polar surface area (TPSA) is 55.0 Å². The molecule has 160 valence electrons. The lowest BCUT2D eigenvalue weighted by Gasteiger charge is -2.33. The summed E-state index contributed by atoms with van der Waals surface area (Å²) >= 11 is 0.0145. The van der Waals surface area contributed by atoms with E-state index in [2.05, 4.69) is 40.0 Å². The van der Waals surface area contributed by atoms with Crippen molar-refractivity contribution in [1.82, 2.24) is 14.9 Å². The normalized spacial score (nSPS) is 17.5. The first kappa shape index (κ1) is 24.5. The Morgan fingerprint density at radius 2 is 1.42 bits per heavy atom. The number of thiol groups is 2. The number of likely N-dealkylation sites (tertiary alicyclic amines) is 1. The second kappa shape index (κ2) is 16.4. The highest BCUT2D eigenvalue weighted by Gasteiger charge is 2.18. The summed E-state index contributed by atoms with van der Waals surface area (Å²) in [4.78, 5) is 2.51. The summed E-state index contributed by atoms with van der Waals surface area (Å²) in [5, 5.41) is 3.38. The number of piperidine rings is 1. The SMILES string of the molecule is C[SH](C)CNCCOCCOCCOCCN1CCC(N[SH](C)C)CC1. The number of nitrogens with zero attached hydrogens (tertiary/aromatic N) is 1. The van der Waals surface area contributed by atoms with Crippen LogP contribution >= 0.6 is 22.0 Å². The molecule has 1 fully saturated rings. The first-order chi connectivity index (χ1) is 12.6. The fraction of sp³-hybridized carbons (Fsp3) is 1.00. The van der Waals surface area contributed by atoms with Crippen molar-refractivity contribution in [3.63, 3.8) is 0 Å². The first-order valence-corrected chi connectivity index (χ1v) is 14.5. The van der Waals surface area contributed by atoms with Crippen LogP contribution in [0.5, 0.6) is 0 Å². The van der Waals surface area contributed by atoms with Crippen LogP contribution in [0.2, 0.25) is 0 Å².